The van der Waals surface area contributed by atoms with Crippen LogP contribution in [0.1, 0.15) is 11.1 Å². The van der Waals surface area contributed by atoms with Gasteiger partial charge in [0.25, 0.3) is 11.6 Å². The summed E-state index contributed by atoms with van der Waals surface area (Å²) >= 11 is 0. The minimum Gasteiger partial charge on any atom is -0.266 e. The SMILES string of the molecule is O=C1/C(=C\c2ccc([N+](=O)[O-])cc2)N=C(c2ccc(F)cc2)N1c1ccccc1. The van der Waals surface area contributed by atoms with Crippen LogP contribution in [0.3, 0.4) is 0 Å². The summed E-state index contributed by atoms with van der Waals surface area (Å²) in [6.07, 6.45) is 1.57. The highest BCUT2D eigenvalue weighted by atomic mass is 19.1. The molecule has 0 saturated heterocycles. The summed E-state index contributed by atoms with van der Waals surface area (Å²) in [5.74, 6) is -0.338. The van der Waals surface area contributed by atoms with Crippen molar-refractivity contribution in [3.63, 3.8) is 0 Å². The summed E-state index contributed by atoms with van der Waals surface area (Å²) in [6, 6.07) is 20.6. The number of aliphatic imine (C=N–C) groups is 1. The topological polar surface area (TPSA) is 75.8 Å². The van der Waals surface area contributed by atoms with Crippen LogP contribution in [-0.2, 0) is 4.79 Å². The molecule has 6 nitrogen and oxygen atoms in total. The van der Waals surface area contributed by atoms with Gasteiger partial charge < -0.3 is 0 Å². The van der Waals surface area contributed by atoms with Crippen LogP contribution in [0, 0.1) is 15.9 Å². The molecule has 1 aliphatic rings. The molecule has 0 atom stereocenters. The van der Waals surface area contributed by atoms with Crippen LogP contribution in [0.25, 0.3) is 6.08 Å². The first-order valence-corrected chi connectivity index (χ1v) is 8.73. The number of hydrogen-bond donors (Lipinski definition) is 0. The van der Waals surface area contributed by atoms with E-state index < -0.39 is 4.92 Å². The van der Waals surface area contributed by atoms with E-state index in [1.54, 1.807) is 42.5 Å². The van der Waals surface area contributed by atoms with Gasteiger partial charge in [-0.2, -0.15) is 0 Å². The van der Waals surface area contributed by atoms with E-state index in [-0.39, 0.29) is 23.1 Å². The number of carbonyl (C=O) groups excluding carboxylic acids is 1. The molecule has 0 saturated carbocycles. The molecule has 4 rings (SSSR count). The number of non-ortho nitro benzene ring substituents is 1. The number of benzene rings is 3. The molecule has 0 N–H and O–H groups in total. The highest BCUT2D eigenvalue weighted by Crippen LogP contribution is 2.28. The predicted octanol–water partition coefficient (Wildman–Crippen LogP) is 4.57. The van der Waals surface area contributed by atoms with Gasteiger partial charge in [-0.3, -0.25) is 19.8 Å². The zero-order chi connectivity index (χ0) is 20.4. The Morgan fingerprint density at radius 3 is 2.21 bits per heavy atom. The molecule has 0 unspecified atom stereocenters. The Bertz CT molecular complexity index is 1140. The normalized spacial score (nSPS) is 14.9. The Balaban J connectivity index is 1.77. The minimum atomic E-state index is -0.487. The third-order valence-electron chi connectivity index (χ3n) is 4.38. The van der Waals surface area contributed by atoms with Crippen molar-refractivity contribution in [1.82, 2.24) is 0 Å². The van der Waals surface area contributed by atoms with E-state index in [2.05, 4.69) is 4.99 Å². The summed E-state index contributed by atoms with van der Waals surface area (Å²) in [6.45, 7) is 0. The quantitative estimate of drug-likeness (QED) is 0.374. The van der Waals surface area contributed by atoms with Crippen molar-refractivity contribution in [3.05, 3.63) is 112 Å². The number of halogens is 1. The number of nitrogens with zero attached hydrogens (tertiary/aromatic N) is 3. The fourth-order valence-electron chi connectivity index (χ4n) is 2.98. The highest BCUT2D eigenvalue weighted by molar-refractivity contribution is 6.33. The fraction of sp³-hybridized carbons (Fsp3) is 0. The van der Waals surface area contributed by atoms with E-state index in [1.807, 2.05) is 18.2 Å². The van der Waals surface area contributed by atoms with Gasteiger partial charge in [-0.25, -0.2) is 9.38 Å². The molecule has 0 aromatic heterocycles. The van der Waals surface area contributed by atoms with Crippen LogP contribution >= 0.6 is 0 Å². The fourth-order valence-corrected chi connectivity index (χ4v) is 2.98. The summed E-state index contributed by atoms with van der Waals surface area (Å²) in [4.78, 5) is 29.4. The molecule has 29 heavy (non-hydrogen) atoms. The zero-order valence-electron chi connectivity index (χ0n) is 15.0. The van der Waals surface area contributed by atoms with Crippen molar-refractivity contribution < 1.29 is 14.1 Å². The largest absolute Gasteiger partial charge is 0.282 e. The summed E-state index contributed by atoms with van der Waals surface area (Å²) < 4.78 is 13.3. The molecule has 3 aromatic rings. The van der Waals surface area contributed by atoms with Crippen LogP contribution < -0.4 is 4.90 Å². The summed E-state index contributed by atoms with van der Waals surface area (Å²) in [5, 5.41) is 10.8. The van der Waals surface area contributed by atoms with E-state index in [0.717, 1.165) is 0 Å². The number of anilines is 1. The van der Waals surface area contributed by atoms with E-state index in [9.17, 15) is 19.3 Å². The molecular formula is C22H14FN3O3. The van der Waals surface area contributed by atoms with E-state index in [4.69, 9.17) is 0 Å². The Kier molecular flexibility index (Phi) is 4.70. The second kappa shape index (κ2) is 7.47. The van der Waals surface area contributed by atoms with Crippen LogP contribution in [0.2, 0.25) is 0 Å². The van der Waals surface area contributed by atoms with Crippen LogP contribution in [0.4, 0.5) is 15.8 Å². The van der Waals surface area contributed by atoms with Crippen molar-refractivity contribution in [2.75, 3.05) is 4.90 Å². The van der Waals surface area contributed by atoms with Crippen molar-refractivity contribution in [2.45, 2.75) is 0 Å². The van der Waals surface area contributed by atoms with Gasteiger partial charge in [-0.1, -0.05) is 18.2 Å². The Morgan fingerprint density at radius 1 is 0.931 bits per heavy atom. The molecule has 0 radical (unpaired) electrons. The summed E-state index contributed by atoms with van der Waals surface area (Å²) in [7, 11) is 0. The lowest BCUT2D eigenvalue weighted by atomic mass is 10.1. The Hall–Kier alpha value is -4.13. The molecule has 0 spiro atoms. The number of amidine groups is 1. The number of carbonyl (C=O) groups is 1. The molecule has 3 aromatic carbocycles. The van der Waals surface area contributed by atoms with Crippen molar-refractivity contribution in [3.8, 4) is 0 Å². The summed E-state index contributed by atoms with van der Waals surface area (Å²) in [5.41, 5.74) is 1.98. The van der Waals surface area contributed by atoms with E-state index >= 15 is 0 Å². The monoisotopic (exact) mass is 387 g/mol. The first kappa shape index (κ1) is 18.2. The maximum atomic E-state index is 13.3. The number of rotatable bonds is 4. The molecule has 0 bridgehead atoms. The number of hydrogen-bond acceptors (Lipinski definition) is 4. The first-order valence-electron chi connectivity index (χ1n) is 8.73. The van der Waals surface area contributed by atoms with Gasteiger partial charge in [-0.05, 0) is 60.2 Å². The maximum Gasteiger partial charge on any atom is 0.282 e. The second-order valence-corrected chi connectivity index (χ2v) is 6.30. The Morgan fingerprint density at radius 2 is 1.59 bits per heavy atom. The van der Waals surface area contributed by atoms with Gasteiger partial charge in [0.2, 0.25) is 0 Å². The average molecular weight is 387 g/mol. The first-order chi connectivity index (χ1) is 14.0. The van der Waals surface area contributed by atoms with Gasteiger partial charge in [0, 0.05) is 17.7 Å². The van der Waals surface area contributed by atoms with Crippen molar-refractivity contribution in [2.24, 2.45) is 4.99 Å². The second-order valence-electron chi connectivity index (χ2n) is 6.30. The molecule has 142 valence electrons. The van der Waals surface area contributed by atoms with Crippen LogP contribution in [0.15, 0.2) is 89.6 Å². The lowest BCUT2D eigenvalue weighted by molar-refractivity contribution is -0.384. The lowest BCUT2D eigenvalue weighted by Crippen LogP contribution is -2.32. The zero-order valence-corrected chi connectivity index (χ0v) is 15.0. The van der Waals surface area contributed by atoms with Crippen LogP contribution in [0.5, 0.6) is 0 Å². The van der Waals surface area contributed by atoms with E-state index in [0.29, 0.717) is 22.6 Å². The lowest BCUT2D eigenvalue weighted by Gasteiger charge is -2.18. The molecular weight excluding hydrogens is 373 g/mol. The van der Waals surface area contributed by atoms with Gasteiger partial charge in [-0.15, -0.1) is 0 Å². The third kappa shape index (κ3) is 3.66. The van der Waals surface area contributed by atoms with Gasteiger partial charge in [0.1, 0.15) is 17.3 Å². The van der Waals surface area contributed by atoms with Gasteiger partial charge in [0.15, 0.2) is 0 Å². The molecule has 1 heterocycles. The van der Waals surface area contributed by atoms with Gasteiger partial charge in [0.05, 0.1) is 10.6 Å². The third-order valence-corrected chi connectivity index (χ3v) is 4.38. The van der Waals surface area contributed by atoms with Crippen molar-refractivity contribution >= 4 is 29.2 Å². The maximum absolute atomic E-state index is 13.3. The smallest absolute Gasteiger partial charge is 0.266 e. The van der Waals surface area contributed by atoms with Crippen LogP contribution in [-0.4, -0.2) is 16.7 Å². The molecule has 7 heteroatoms. The number of nitro groups is 1. The standard InChI is InChI=1S/C22H14FN3O3/c23-17-10-8-16(9-11-17)21-24-20(14-15-6-12-19(13-7-15)26(28)29)22(27)25(21)18-4-2-1-3-5-18/h1-14H/b20-14+. The number of nitro benzene ring substituents is 1. The Labute approximate surface area is 165 Å². The number of amides is 1. The van der Waals surface area contributed by atoms with Crippen molar-refractivity contribution in [1.29, 1.82) is 0 Å². The van der Waals surface area contributed by atoms with Gasteiger partial charge >= 0.3 is 0 Å². The predicted molar refractivity (Wildman–Crippen MR) is 108 cm³/mol. The molecule has 1 amide bonds. The average Bonchev–Trinajstić information content (AvgIpc) is 3.05. The van der Waals surface area contributed by atoms with E-state index in [1.165, 1.54) is 29.2 Å². The molecule has 1 aliphatic heterocycles. The minimum absolute atomic E-state index is 0.0358. The highest BCUT2D eigenvalue weighted by Gasteiger charge is 2.32. The molecule has 0 aliphatic carbocycles. The molecule has 0 fully saturated rings. The number of para-hydroxylation sites is 1.